The van der Waals surface area contributed by atoms with Crippen LogP contribution in [0.25, 0.3) is 27.8 Å². The van der Waals surface area contributed by atoms with Crippen LogP contribution in [0.1, 0.15) is 22.7 Å². The van der Waals surface area contributed by atoms with Gasteiger partial charge in [-0.05, 0) is 41.5 Å². The second-order valence-electron chi connectivity index (χ2n) is 8.16. The molecule has 5 heteroatoms. The van der Waals surface area contributed by atoms with Gasteiger partial charge in [0, 0.05) is 23.9 Å². The lowest BCUT2D eigenvalue weighted by Gasteiger charge is -2.14. The van der Waals surface area contributed by atoms with Crippen LogP contribution < -0.4 is 0 Å². The molecule has 0 spiro atoms. The highest BCUT2D eigenvalue weighted by Crippen LogP contribution is 2.31. The topological polar surface area (TPSA) is 68.0 Å². The SMILES string of the molecule is Cc1cccc(C(Cc2cc(-c3cccc4ccccc34)nn2-c2ccccn2)C(=O)O)c1. The summed E-state index contributed by atoms with van der Waals surface area (Å²) in [5, 5.41) is 17.2. The number of rotatable bonds is 6. The Morgan fingerprint density at radius 3 is 2.52 bits per heavy atom. The van der Waals surface area contributed by atoms with E-state index in [1.165, 1.54) is 0 Å². The minimum atomic E-state index is -0.860. The molecule has 0 radical (unpaired) electrons. The number of pyridine rings is 1. The molecule has 0 fully saturated rings. The maximum atomic E-state index is 12.3. The number of carboxylic acid groups (broad SMARTS) is 1. The average Bonchev–Trinajstić information content (AvgIpc) is 3.26. The van der Waals surface area contributed by atoms with Crippen LogP contribution in [0.5, 0.6) is 0 Å². The van der Waals surface area contributed by atoms with Crippen molar-refractivity contribution in [3.8, 4) is 17.1 Å². The molecule has 1 atom stereocenters. The summed E-state index contributed by atoms with van der Waals surface area (Å²) in [6.45, 7) is 1.97. The van der Waals surface area contributed by atoms with E-state index in [1.54, 1.807) is 10.9 Å². The number of aliphatic carboxylic acids is 1. The normalized spacial score (nSPS) is 12.0. The van der Waals surface area contributed by atoms with Gasteiger partial charge in [-0.25, -0.2) is 9.67 Å². The van der Waals surface area contributed by atoms with E-state index in [0.29, 0.717) is 12.2 Å². The molecule has 0 aliphatic carbocycles. The Kier molecular flexibility index (Phi) is 5.45. The molecule has 0 bridgehead atoms. The molecule has 5 aromatic rings. The Balaban J connectivity index is 1.65. The Labute approximate surface area is 192 Å². The van der Waals surface area contributed by atoms with Crippen molar-refractivity contribution in [2.75, 3.05) is 0 Å². The lowest BCUT2D eigenvalue weighted by Crippen LogP contribution is -2.17. The predicted octanol–water partition coefficient (Wildman–Crippen LogP) is 5.81. The van der Waals surface area contributed by atoms with Crippen molar-refractivity contribution in [3.63, 3.8) is 0 Å². The molecule has 1 unspecified atom stereocenters. The summed E-state index contributed by atoms with van der Waals surface area (Å²) in [6, 6.07) is 29.6. The maximum Gasteiger partial charge on any atom is 0.311 e. The van der Waals surface area contributed by atoms with Crippen molar-refractivity contribution in [2.24, 2.45) is 0 Å². The molecular weight excluding hydrogens is 410 g/mol. The third-order valence-corrected chi connectivity index (χ3v) is 5.87. The molecule has 33 heavy (non-hydrogen) atoms. The van der Waals surface area contributed by atoms with E-state index in [1.807, 2.05) is 79.7 Å². The minimum Gasteiger partial charge on any atom is -0.481 e. The number of nitrogens with zero attached hydrogens (tertiary/aromatic N) is 3. The highest BCUT2D eigenvalue weighted by atomic mass is 16.4. The summed E-state index contributed by atoms with van der Waals surface area (Å²) in [6.07, 6.45) is 2.01. The van der Waals surface area contributed by atoms with E-state index in [4.69, 9.17) is 5.10 Å². The quantitative estimate of drug-likeness (QED) is 0.367. The number of aryl methyl sites for hydroxylation is 1. The Morgan fingerprint density at radius 1 is 0.939 bits per heavy atom. The molecule has 5 rings (SSSR count). The van der Waals surface area contributed by atoms with Gasteiger partial charge >= 0.3 is 5.97 Å². The summed E-state index contributed by atoms with van der Waals surface area (Å²) in [5.74, 6) is -0.891. The van der Waals surface area contributed by atoms with Gasteiger partial charge in [0.05, 0.1) is 11.6 Å². The highest BCUT2D eigenvalue weighted by Gasteiger charge is 2.24. The minimum absolute atomic E-state index is 0.299. The second-order valence-corrected chi connectivity index (χ2v) is 8.16. The molecule has 1 N–H and O–H groups in total. The first-order valence-corrected chi connectivity index (χ1v) is 10.9. The summed E-state index contributed by atoms with van der Waals surface area (Å²) in [7, 11) is 0. The van der Waals surface area contributed by atoms with Crippen molar-refractivity contribution in [1.29, 1.82) is 0 Å². The predicted molar refractivity (Wildman–Crippen MR) is 130 cm³/mol. The van der Waals surface area contributed by atoms with Gasteiger partial charge in [0.25, 0.3) is 0 Å². The molecule has 0 saturated heterocycles. The Morgan fingerprint density at radius 2 is 1.73 bits per heavy atom. The monoisotopic (exact) mass is 433 g/mol. The van der Waals surface area contributed by atoms with Crippen molar-refractivity contribution >= 4 is 16.7 Å². The fraction of sp³-hybridized carbons (Fsp3) is 0.107. The largest absolute Gasteiger partial charge is 0.481 e. The molecule has 3 aromatic carbocycles. The first kappa shape index (κ1) is 20.6. The number of hydrogen-bond donors (Lipinski definition) is 1. The van der Waals surface area contributed by atoms with Crippen LogP contribution in [-0.4, -0.2) is 25.8 Å². The van der Waals surface area contributed by atoms with Gasteiger partial charge in [0.15, 0.2) is 5.82 Å². The molecule has 162 valence electrons. The Hall–Kier alpha value is -4.25. The third kappa shape index (κ3) is 4.13. The van der Waals surface area contributed by atoms with Gasteiger partial charge in [0.1, 0.15) is 0 Å². The van der Waals surface area contributed by atoms with Crippen LogP contribution in [0.4, 0.5) is 0 Å². The van der Waals surface area contributed by atoms with Gasteiger partial charge < -0.3 is 5.11 Å². The zero-order chi connectivity index (χ0) is 22.8. The fourth-order valence-corrected chi connectivity index (χ4v) is 4.27. The van der Waals surface area contributed by atoms with E-state index in [2.05, 4.69) is 23.2 Å². The van der Waals surface area contributed by atoms with Crippen molar-refractivity contribution in [3.05, 3.63) is 114 Å². The molecule has 0 aliphatic heterocycles. The summed E-state index contributed by atoms with van der Waals surface area (Å²) in [4.78, 5) is 16.7. The van der Waals surface area contributed by atoms with Gasteiger partial charge in [-0.2, -0.15) is 5.10 Å². The smallest absolute Gasteiger partial charge is 0.311 e. The first-order valence-electron chi connectivity index (χ1n) is 10.9. The van der Waals surface area contributed by atoms with Crippen molar-refractivity contribution < 1.29 is 9.90 Å². The first-order chi connectivity index (χ1) is 16.1. The molecule has 0 saturated carbocycles. The van der Waals surface area contributed by atoms with Crippen molar-refractivity contribution in [2.45, 2.75) is 19.3 Å². The molecule has 2 heterocycles. The number of hydrogen-bond acceptors (Lipinski definition) is 3. The molecule has 0 aliphatic rings. The van der Waals surface area contributed by atoms with E-state index in [9.17, 15) is 9.90 Å². The number of benzene rings is 3. The summed E-state index contributed by atoms with van der Waals surface area (Å²) in [5.41, 5.74) is 4.41. The second kappa shape index (κ2) is 8.71. The van der Waals surface area contributed by atoms with Crippen molar-refractivity contribution in [1.82, 2.24) is 14.8 Å². The molecule has 0 amide bonds. The third-order valence-electron chi connectivity index (χ3n) is 5.87. The lowest BCUT2D eigenvalue weighted by atomic mass is 9.92. The molecular formula is C28H23N3O2. The summed E-state index contributed by atoms with van der Waals surface area (Å²) < 4.78 is 1.77. The average molecular weight is 434 g/mol. The van der Waals surface area contributed by atoms with E-state index in [0.717, 1.165) is 38.9 Å². The van der Waals surface area contributed by atoms with E-state index >= 15 is 0 Å². The zero-order valence-corrected chi connectivity index (χ0v) is 18.2. The maximum absolute atomic E-state index is 12.3. The summed E-state index contributed by atoms with van der Waals surface area (Å²) >= 11 is 0. The standard InChI is InChI=1S/C28H23N3O2/c1-19-8-6-11-21(16-19)25(28(32)33)17-22-18-26(30-31(22)27-14-4-5-15-29-27)24-13-7-10-20-9-2-3-12-23(20)24/h2-16,18,25H,17H2,1H3,(H,32,33). The van der Waals surface area contributed by atoms with Crippen LogP contribution in [0.15, 0.2) is 97.2 Å². The van der Waals surface area contributed by atoms with Crippen LogP contribution in [-0.2, 0) is 11.2 Å². The van der Waals surface area contributed by atoms with Gasteiger partial charge in [-0.3, -0.25) is 4.79 Å². The molecule has 5 nitrogen and oxygen atoms in total. The van der Waals surface area contributed by atoms with Gasteiger partial charge in [-0.1, -0.05) is 78.4 Å². The number of carbonyl (C=O) groups is 1. The van der Waals surface area contributed by atoms with Crippen LogP contribution in [0, 0.1) is 6.92 Å². The number of aromatic nitrogens is 3. The van der Waals surface area contributed by atoms with Crippen LogP contribution >= 0.6 is 0 Å². The van der Waals surface area contributed by atoms with Crippen LogP contribution in [0.2, 0.25) is 0 Å². The number of fused-ring (bicyclic) bond motifs is 1. The van der Waals surface area contributed by atoms with Crippen LogP contribution in [0.3, 0.4) is 0 Å². The number of carboxylic acids is 1. The van der Waals surface area contributed by atoms with E-state index < -0.39 is 11.9 Å². The van der Waals surface area contributed by atoms with Gasteiger partial charge in [0.2, 0.25) is 0 Å². The Bertz CT molecular complexity index is 1440. The highest BCUT2D eigenvalue weighted by molar-refractivity contribution is 5.95. The molecule has 2 aromatic heterocycles. The van der Waals surface area contributed by atoms with E-state index in [-0.39, 0.29) is 0 Å². The fourth-order valence-electron chi connectivity index (χ4n) is 4.27. The zero-order valence-electron chi connectivity index (χ0n) is 18.2. The van der Waals surface area contributed by atoms with Gasteiger partial charge in [-0.15, -0.1) is 0 Å². The lowest BCUT2D eigenvalue weighted by molar-refractivity contribution is -0.138.